The molecule has 0 radical (unpaired) electrons. The number of nitrogens with one attached hydrogen (secondary N) is 1. The van der Waals surface area contributed by atoms with E-state index in [0.717, 1.165) is 34.4 Å². The van der Waals surface area contributed by atoms with E-state index in [1.807, 2.05) is 38.1 Å². The third-order valence-corrected chi connectivity index (χ3v) is 7.34. The summed E-state index contributed by atoms with van der Waals surface area (Å²) in [6.07, 6.45) is 3.27. The average molecular weight is 459 g/mol. The number of carbonyl (C=O) groups is 4. The van der Waals surface area contributed by atoms with Crippen LogP contribution in [0.5, 0.6) is 0 Å². The van der Waals surface area contributed by atoms with Crippen LogP contribution >= 0.6 is 11.3 Å². The van der Waals surface area contributed by atoms with Gasteiger partial charge in [-0.05, 0) is 37.8 Å². The number of likely N-dealkylation sites (N-methyl/N-ethyl adjacent to an activating group) is 1. The first-order valence-corrected chi connectivity index (χ1v) is 11.6. The molecule has 9 nitrogen and oxygen atoms in total. The second-order valence-electron chi connectivity index (χ2n) is 8.20. The number of anilines is 1. The SMILES string of the molecule is CCN(C(=O)COC(=O)CN1C(=O)NC2(CCCCC2C)C1=O)c1nc2ccccc2s1. The monoisotopic (exact) mass is 458 g/mol. The maximum atomic E-state index is 13.0. The van der Waals surface area contributed by atoms with Crippen LogP contribution in [0.3, 0.4) is 0 Å². The van der Waals surface area contributed by atoms with Crippen molar-refractivity contribution in [3.63, 3.8) is 0 Å². The van der Waals surface area contributed by atoms with Gasteiger partial charge in [0, 0.05) is 6.54 Å². The summed E-state index contributed by atoms with van der Waals surface area (Å²) in [5.41, 5.74) is -0.141. The number of hydrogen-bond acceptors (Lipinski definition) is 7. The minimum atomic E-state index is -0.933. The highest BCUT2D eigenvalue weighted by atomic mass is 32.1. The topological polar surface area (TPSA) is 109 Å². The normalized spacial score (nSPS) is 22.9. The summed E-state index contributed by atoms with van der Waals surface area (Å²) in [5.74, 6) is -1.61. The molecule has 2 aromatic rings. The highest BCUT2D eigenvalue weighted by Gasteiger charge is 2.55. The van der Waals surface area contributed by atoms with E-state index in [1.165, 1.54) is 16.2 Å². The number of aromatic nitrogens is 1. The van der Waals surface area contributed by atoms with E-state index >= 15 is 0 Å². The maximum Gasteiger partial charge on any atom is 0.326 e. The molecule has 1 aliphatic carbocycles. The number of benzene rings is 1. The first-order valence-electron chi connectivity index (χ1n) is 10.8. The van der Waals surface area contributed by atoms with Crippen LogP contribution in [0.2, 0.25) is 0 Å². The van der Waals surface area contributed by atoms with E-state index in [4.69, 9.17) is 4.74 Å². The second kappa shape index (κ2) is 8.85. The predicted octanol–water partition coefficient (Wildman–Crippen LogP) is 2.69. The van der Waals surface area contributed by atoms with Crippen molar-refractivity contribution in [1.82, 2.24) is 15.2 Å². The Bertz CT molecular complexity index is 1040. The minimum absolute atomic E-state index is 0.00206. The molecule has 1 spiro atoms. The fourth-order valence-corrected chi connectivity index (χ4v) is 5.47. The van der Waals surface area contributed by atoms with Gasteiger partial charge in [-0.25, -0.2) is 9.78 Å². The molecule has 1 saturated heterocycles. The number of imide groups is 1. The van der Waals surface area contributed by atoms with Crippen molar-refractivity contribution < 1.29 is 23.9 Å². The van der Waals surface area contributed by atoms with Gasteiger partial charge in [-0.3, -0.25) is 24.2 Å². The molecule has 1 aromatic carbocycles. The molecule has 170 valence electrons. The van der Waals surface area contributed by atoms with Crippen LogP contribution in [0.4, 0.5) is 9.93 Å². The number of esters is 1. The largest absolute Gasteiger partial charge is 0.454 e. The Kier molecular flexibility index (Phi) is 6.14. The van der Waals surface area contributed by atoms with Crippen molar-refractivity contribution in [2.75, 3.05) is 24.6 Å². The van der Waals surface area contributed by atoms with Crippen LogP contribution in [0.15, 0.2) is 24.3 Å². The van der Waals surface area contributed by atoms with E-state index in [-0.39, 0.29) is 11.8 Å². The summed E-state index contributed by atoms with van der Waals surface area (Å²) in [7, 11) is 0. The molecule has 2 aliphatic rings. The van der Waals surface area contributed by atoms with Gasteiger partial charge in [0.1, 0.15) is 12.1 Å². The van der Waals surface area contributed by atoms with Crippen molar-refractivity contribution in [2.24, 2.45) is 5.92 Å². The first kappa shape index (κ1) is 22.2. The molecule has 1 aliphatic heterocycles. The van der Waals surface area contributed by atoms with E-state index in [1.54, 1.807) is 0 Å². The van der Waals surface area contributed by atoms with Gasteiger partial charge in [0.2, 0.25) is 0 Å². The predicted molar refractivity (Wildman–Crippen MR) is 119 cm³/mol. The lowest BCUT2D eigenvalue weighted by atomic mass is 9.73. The standard InChI is InChI=1S/C22H26N4O5S/c1-3-25(21-23-15-9-4-5-10-16(15)32-21)17(27)13-31-18(28)12-26-19(29)22(24-20(26)30)11-7-6-8-14(22)2/h4-5,9-10,14H,3,6-8,11-13H2,1-2H3,(H,24,30). The van der Waals surface area contributed by atoms with E-state index < -0.39 is 36.6 Å². The zero-order chi connectivity index (χ0) is 22.9. The van der Waals surface area contributed by atoms with Crippen molar-refractivity contribution in [3.05, 3.63) is 24.3 Å². The van der Waals surface area contributed by atoms with Crippen LogP contribution in [-0.4, -0.2) is 58.9 Å². The van der Waals surface area contributed by atoms with Gasteiger partial charge in [0.05, 0.1) is 10.2 Å². The Labute approximate surface area is 189 Å². The number of ether oxygens (including phenoxy) is 1. The third kappa shape index (κ3) is 3.94. The van der Waals surface area contributed by atoms with Crippen LogP contribution in [0, 0.1) is 5.92 Å². The summed E-state index contributed by atoms with van der Waals surface area (Å²) >= 11 is 1.38. The molecular formula is C22H26N4O5S. The Morgan fingerprint density at radius 2 is 2.09 bits per heavy atom. The molecule has 1 N–H and O–H groups in total. The summed E-state index contributed by atoms with van der Waals surface area (Å²) in [6, 6.07) is 6.98. The number of amides is 4. The number of carbonyl (C=O) groups excluding carboxylic acids is 4. The van der Waals surface area contributed by atoms with Gasteiger partial charge in [-0.2, -0.15) is 0 Å². The van der Waals surface area contributed by atoms with Crippen molar-refractivity contribution in [2.45, 2.75) is 45.1 Å². The summed E-state index contributed by atoms with van der Waals surface area (Å²) in [6.45, 7) is 3.11. The fourth-order valence-electron chi connectivity index (χ4n) is 4.43. The molecule has 2 unspecified atom stereocenters. The third-order valence-electron chi connectivity index (χ3n) is 6.28. The highest BCUT2D eigenvalue weighted by molar-refractivity contribution is 7.22. The Morgan fingerprint density at radius 1 is 1.31 bits per heavy atom. The number of thiazole rings is 1. The van der Waals surface area contributed by atoms with Gasteiger partial charge < -0.3 is 10.1 Å². The van der Waals surface area contributed by atoms with Crippen LogP contribution < -0.4 is 10.2 Å². The van der Waals surface area contributed by atoms with E-state index in [9.17, 15) is 19.2 Å². The average Bonchev–Trinajstić information content (AvgIpc) is 3.30. The van der Waals surface area contributed by atoms with Crippen LogP contribution in [-0.2, 0) is 19.1 Å². The summed E-state index contributed by atoms with van der Waals surface area (Å²) < 4.78 is 6.07. The zero-order valence-corrected chi connectivity index (χ0v) is 18.9. The molecule has 2 atom stereocenters. The number of nitrogens with zero attached hydrogens (tertiary/aromatic N) is 3. The lowest BCUT2D eigenvalue weighted by Crippen LogP contribution is -2.54. The smallest absolute Gasteiger partial charge is 0.326 e. The van der Waals surface area contributed by atoms with E-state index in [0.29, 0.717) is 18.1 Å². The molecule has 1 aromatic heterocycles. The summed E-state index contributed by atoms with van der Waals surface area (Å²) in [4.78, 5) is 57.2. The fraction of sp³-hybridized carbons (Fsp3) is 0.500. The number of rotatable bonds is 6. The minimum Gasteiger partial charge on any atom is -0.454 e. The van der Waals surface area contributed by atoms with Gasteiger partial charge in [-0.1, -0.05) is 43.2 Å². The van der Waals surface area contributed by atoms with Crippen LogP contribution in [0.1, 0.15) is 39.5 Å². The molecule has 4 amide bonds. The Hall–Kier alpha value is -3.01. The zero-order valence-electron chi connectivity index (χ0n) is 18.1. The van der Waals surface area contributed by atoms with Gasteiger partial charge in [0.15, 0.2) is 11.7 Å². The van der Waals surface area contributed by atoms with Gasteiger partial charge in [0.25, 0.3) is 11.8 Å². The summed E-state index contributed by atoms with van der Waals surface area (Å²) in [5, 5.41) is 3.32. The maximum absolute atomic E-state index is 13.0. The van der Waals surface area contributed by atoms with Gasteiger partial charge in [-0.15, -0.1) is 0 Å². The molecule has 32 heavy (non-hydrogen) atoms. The molecule has 2 heterocycles. The van der Waals surface area contributed by atoms with E-state index in [2.05, 4.69) is 10.3 Å². The van der Waals surface area contributed by atoms with Crippen molar-refractivity contribution in [3.8, 4) is 0 Å². The molecule has 1 saturated carbocycles. The highest BCUT2D eigenvalue weighted by Crippen LogP contribution is 2.38. The molecular weight excluding hydrogens is 432 g/mol. The van der Waals surface area contributed by atoms with Crippen LogP contribution in [0.25, 0.3) is 10.2 Å². The number of para-hydroxylation sites is 1. The molecule has 0 bridgehead atoms. The van der Waals surface area contributed by atoms with Crippen molar-refractivity contribution >= 4 is 50.5 Å². The Balaban J connectivity index is 1.36. The second-order valence-corrected chi connectivity index (χ2v) is 9.21. The first-order chi connectivity index (χ1) is 15.4. The number of fused-ring (bicyclic) bond motifs is 1. The lowest BCUT2D eigenvalue weighted by Gasteiger charge is -2.36. The number of urea groups is 1. The molecule has 10 heteroatoms. The van der Waals surface area contributed by atoms with Gasteiger partial charge >= 0.3 is 12.0 Å². The molecule has 4 rings (SSSR count). The van der Waals surface area contributed by atoms with Crippen molar-refractivity contribution in [1.29, 1.82) is 0 Å². The quantitative estimate of drug-likeness (QED) is 0.527. The number of hydrogen-bond donors (Lipinski definition) is 1. The lowest BCUT2D eigenvalue weighted by molar-refractivity contribution is -0.151. The Morgan fingerprint density at radius 3 is 2.81 bits per heavy atom. The molecule has 2 fully saturated rings.